The third kappa shape index (κ3) is 3.52. The number of halogens is 2. The Balaban J connectivity index is 1.84. The van der Waals surface area contributed by atoms with Crippen molar-refractivity contribution in [1.82, 2.24) is 14.5 Å². The zero-order valence-electron chi connectivity index (χ0n) is 12.3. The molecule has 3 aromatic rings. The third-order valence-corrected chi connectivity index (χ3v) is 4.73. The van der Waals surface area contributed by atoms with Gasteiger partial charge in [0.25, 0.3) is 0 Å². The van der Waals surface area contributed by atoms with Crippen LogP contribution in [0.2, 0.25) is 0 Å². The van der Waals surface area contributed by atoms with Gasteiger partial charge in [0.15, 0.2) is 0 Å². The molecule has 1 aromatic carbocycles. The summed E-state index contributed by atoms with van der Waals surface area (Å²) >= 11 is 0. The molecule has 0 aliphatic rings. The van der Waals surface area contributed by atoms with E-state index < -0.39 is 32.6 Å². The van der Waals surface area contributed by atoms with E-state index in [-0.39, 0.29) is 6.54 Å². The van der Waals surface area contributed by atoms with Gasteiger partial charge in [-0.15, -0.1) is 0 Å². The van der Waals surface area contributed by atoms with Crippen LogP contribution in [0.3, 0.4) is 0 Å². The van der Waals surface area contributed by atoms with E-state index in [0.717, 1.165) is 12.1 Å². The molecule has 1 N–H and O–H groups in total. The number of nitrogens with one attached hydrogen (secondary N) is 1. The van der Waals surface area contributed by atoms with Gasteiger partial charge < -0.3 is 4.42 Å². The molecule has 2 aromatic heterocycles. The molecule has 0 aliphatic heterocycles. The summed E-state index contributed by atoms with van der Waals surface area (Å²) in [4.78, 5) is -0.487. The molecule has 0 amide bonds. The molecular formula is C15H13F2N3O3S. The highest BCUT2D eigenvalue weighted by Crippen LogP contribution is 2.19. The number of rotatable bonds is 6. The first kappa shape index (κ1) is 16.3. The Hall–Kier alpha value is -2.52. The molecule has 0 saturated heterocycles. The standard InChI is InChI=1S/C15H13F2N3O3S/c16-11-7-12(17)9-13(8-11)24(21,22)19-10-14(15-3-1-6-23-15)20-5-2-4-18-20/h1-9,14,19H,10H2. The van der Waals surface area contributed by atoms with Crippen LogP contribution in [0.4, 0.5) is 8.78 Å². The average Bonchev–Trinajstić information content (AvgIpc) is 3.20. The average molecular weight is 353 g/mol. The van der Waals surface area contributed by atoms with Crippen LogP contribution in [0.25, 0.3) is 0 Å². The fourth-order valence-corrected chi connectivity index (χ4v) is 3.31. The molecule has 2 heterocycles. The van der Waals surface area contributed by atoms with Gasteiger partial charge in [-0.3, -0.25) is 4.68 Å². The Bertz CT molecular complexity index is 855. The number of benzene rings is 1. The van der Waals surface area contributed by atoms with Crippen LogP contribution in [-0.2, 0) is 10.0 Å². The van der Waals surface area contributed by atoms with Gasteiger partial charge in [-0.25, -0.2) is 21.9 Å². The molecule has 0 aliphatic carbocycles. The molecule has 0 saturated carbocycles. The number of nitrogens with zero attached hydrogens (tertiary/aromatic N) is 2. The van der Waals surface area contributed by atoms with E-state index in [0.29, 0.717) is 11.8 Å². The summed E-state index contributed by atoms with van der Waals surface area (Å²) < 4.78 is 60.2. The Morgan fingerprint density at radius 3 is 2.54 bits per heavy atom. The van der Waals surface area contributed by atoms with Crippen LogP contribution >= 0.6 is 0 Å². The predicted molar refractivity (Wildman–Crippen MR) is 80.6 cm³/mol. The number of hydrogen-bond donors (Lipinski definition) is 1. The number of furan rings is 1. The zero-order chi connectivity index (χ0) is 17.2. The van der Waals surface area contributed by atoms with Gasteiger partial charge in [0.05, 0.1) is 11.2 Å². The van der Waals surface area contributed by atoms with Crippen molar-refractivity contribution in [2.24, 2.45) is 0 Å². The van der Waals surface area contributed by atoms with Crippen molar-refractivity contribution in [2.75, 3.05) is 6.54 Å². The van der Waals surface area contributed by atoms with Gasteiger partial charge in [0.1, 0.15) is 23.4 Å². The second kappa shape index (κ2) is 6.54. The van der Waals surface area contributed by atoms with Gasteiger partial charge in [0, 0.05) is 25.0 Å². The summed E-state index contributed by atoms with van der Waals surface area (Å²) in [7, 11) is -4.10. The molecule has 1 atom stereocenters. The van der Waals surface area contributed by atoms with Gasteiger partial charge in [-0.05, 0) is 30.3 Å². The van der Waals surface area contributed by atoms with Crippen molar-refractivity contribution in [1.29, 1.82) is 0 Å². The largest absolute Gasteiger partial charge is 0.467 e. The highest BCUT2D eigenvalue weighted by Gasteiger charge is 2.22. The first-order chi connectivity index (χ1) is 11.5. The Kier molecular flexibility index (Phi) is 4.45. The molecule has 6 nitrogen and oxygen atoms in total. The fourth-order valence-electron chi connectivity index (χ4n) is 2.23. The lowest BCUT2D eigenvalue weighted by Gasteiger charge is -2.16. The van der Waals surface area contributed by atoms with E-state index in [4.69, 9.17) is 4.42 Å². The maximum Gasteiger partial charge on any atom is 0.240 e. The number of sulfonamides is 1. The van der Waals surface area contributed by atoms with Crippen LogP contribution < -0.4 is 4.72 Å². The van der Waals surface area contributed by atoms with Gasteiger partial charge in [0.2, 0.25) is 10.0 Å². The molecule has 9 heteroatoms. The Morgan fingerprint density at radius 1 is 1.21 bits per heavy atom. The highest BCUT2D eigenvalue weighted by molar-refractivity contribution is 7.89. The molecule has 0 radical (unpaired) electrons. The number of hydrogen-bond acceptors (Lipinski definition) is 4. The molecule has 0 bridgehead atoms. The zero-order valence-corrected chi connectivity index (χ0v) is 13.1. The minimum atomic E-state index is -4.10. The lowest BCUT2D eigenvalue weighted by Crippen LogP contribution is -2.31. The lowest BCUT2D eigenvalue weighted by atomic mass is 10.2. The quantitative estimate of drug-likeness (QED) is 0.738. The van der Waals surface area contributed by atoms with Gasteiger partial charge >= 0.3 is 0 Å². The molecule has 126 valence electrons. The fraction of sp³-hybridized carbons (Fsp3) is 0.133. The minimum Gasteiger partial charge on any atom is -0.467 e. The van der Waals surface area contributed by atoms with E-state index >= 15 is 0 Å². The van der Waals surface area contributed by atoms with Gasteiger partial charge in [-0.1, -0.05) is 0 Å². The molecule has 3 rings (SSSR count). The van der Waals surface area contributed by atoms with Crippen LogP contribution in [-0.4, -0.2) is 24.7 Å². The summed E-state index contributed by atoms with van der Waals surface area (Å²) in [6.45, 7) is -0.102. The maximum atomic E-state index is 13.2. The molecule has 0 spiro atoms. The third-order valence-electron chi connectivity index (χ3n) is 3.33. The van der Waals surface area contributed by atoms with Crippen LogP contribution in [0.15, 0.2) is 64.4 Å². The molecule has 1 unspecified atom stereocenters. The lowest BCUT2D eigenvalue weighted by molar-refractivity contribution is 0.402. The van der Waals surface area contributed by atoms with Crippen LogP contribution in [0.1, 0.15) is 11.8 Å². The minimum absolute atomic E-state index is 0.102. The van der Waals surface area contributed by atoms with Crippen molar-refractivity contribution < 1.29 is 21.6 Å². The Labute approximate surface area is 136 Å². The van der Waals surface area contributed by atoms with Crippen LogP contribution in [0, 0.1) is 11.6 Å². The van der Waals surface area contributed by atoms with E-state index in [9.17, 15) is 17.2 Å². The maximum absolute atomic E-state index is 13.2. The van der Waals surface area contributed by atoms with E-state index in [1.807, 2.05) is 0 Å². The first-order valence-corrected chi connectivity index (χ1v) is 8.42. The molecule has 0 fully saturated rings. The summed E-state index contributed by atoms with van der Waals surface area (Å²) in [6.07, 6.45) is 4.66. The Morgan fingerprint density at radius 2 is 1.96 bits per heavy atom. The van der Waals surface area contributed by atoms with Crippen LogP contribution in [0.5, 0.6) is 0 Å². The van der Waals surface area contributed by atoms with Crippen molar-refractivity contribution in [2.45, 2.75) is 10.9 Å². The molecular weight excluding hydrogens is 340 g/mol. The second-order valence-corrected chi connectivity index (χ2v) is 6.74. The van der Waals surface area contributed by atoms with Gasteiger partial charge in [-0.2, -0.15) is 5.10 Å². The smallest absolute Gasteiger partial charge is 0.240 e. The first-order valence-electron chi connectivity index (χ1n) is 6.94. The van der Waals surface area contributed by atoms with Crippen molar-refractivity contribution in [3.63, 3.8) is 0 Å². The summed E-state index contributed by atoms with van der Waals surface area (Å²) in [5, 5.41) is 4.08. The van der Waals surface area contributed by atoms with E-state index in [1.165, 1.54) is 10.9 Å². The van der Waals surface area contributed by atoms with E-state index in [2.05, 4.69) is 9.82 Å². The van der Waals surface area contributed by atoms with E-state index in [1.54, 1.807) is 30.6 Å². The summed E-state index contributed by atoms with van der Waals surface area (Å²) in [6, 6.07) is 6.61. The SMILES string of the molecule is O=S(=O)(NCC(c1ccco1)n1cccn1)c1cc(F)cc(F)c1. The highest BCUT2D eigenvalue weighted by atomic mass is 32.2. The monoisotopic (exact) mass is 353 g/mol. The second-order valence-electron chi connectivity index (χ2n) is 4.97. The summed E-state index contributed by atoms with van der Waals surface area (Å²) in [5.74, 6) is -1.44. The van der Waals surface area contributed by atoms with Crippen molar-refractivity contribution >= 4 is 10.0 Å². The van der Waals surface area contributed by atoms with Crippen molar-refractivity contribution in [3.05, 3.63) is 72.4 Å². The topological polar surface area (TPSA) is 77.1 Å². The molecule has 24 heavy (non-hydrogen) atoms. The summed E-state index contributed by atoms with van der Waals surface area (Å²) in [5.41, 5.74) is 0. The number of aromatic nitrogens is 2. The van der Waals surface area contributed by atoms with Crippen molar-refractivity contribution in [3.8, 4) is 0 Å². The predicted octanol–water partition coefficient (Wildman–Crippen LogP) is 2.32. The normalized spacial score (nSPS) is 13.1.